The largest absolute Gasteiger partial charge is 0.493 e. The molecule has 1 saturated heterocycles. The summed E-state index contributed by atoms with van der Waals surface area (Å²) in [7, 11) is 3.15. The number of carbonyl (C=O) groups is 1. The third-order valence-corrected chi connectivity index (χ3v) is 6.13. The number of anilines is 2. The van der Waals surface area contributed by atoms with Crippen LogP contribution in [0.15, 0.2) is 42.5 Å². The Hall–Kier alpha value is -3.55. The Morgan fingerprint density at radius 3 is 2.32 bits per heavy atom. The van der Waals surface area contributed by atoms with E-state index in [1.807, 2.05) is 30.3 Å². The molecule has 4 rings (SSSR count). The number of piperidine rings is 1. The predicted molar refractivity (Wildman–Crippen MR) is 120 cm³/mol. The van der Waals surface area contributed by atoms with Crippen LogP contribution in [0.4, 0.5) is 11.8 Å². The van der Waals surface area contributed by atoms with Crippen LogP contribution in [0.3, 0.4) is 0 Å². The van der Waals surface area contributed by atoms with Gasteiger partial charge >= 0.3 is 0 Å². The highest BCUT2D eigenvalue weighted by molar-refractivity contribution is 5.91. The second-order valence-corrected chi connectivity index (χ2v) is 7.93. The maximum absolute atomic E-state index is 12.4. The summed E-state index contributed by atoms with van der Waals surface area (Å²) in [5.41, 5.74) is 13.3. The number of hydrogen-bond acceptors (Lipinski definition) is 7. The Labute approximate surface area is 181 Å². The quantitative estimate of drug-likeness (QED) is 0.628. The van der Waals surface area contributed by atoms with Gasteiger partial charge in [-0.3, -0.25) is 4.79 Å². The van der Waals surface area contributed by atoms with Gasteiger partial charge < -0.3 is 25.8 Å². The number of hydrogen-bond donors (Lipinski definition) is 2. The van der Waals surface area contributed by atoms with E-state index in [0.29, 0.717) is 66.5 Å². The van der Waals surface area contributed by atoms with Crippen LogP contribution in [0, 0.1) is 5.41 Å². The SMILES string of the molecule is COc1cc2nc(N3CCC(Cc4ccccc4)(C(N)=O)CC3)nc(N)c2cc1OC. The number of rotatable bonds is 6. The van der Waals surface area contributed by atoms with Crippen LogP contribution >= 0.6 is 0 Å². The topological polar surface area (TPSA) is 117 Å². The zero-order valence-corrected chi connectivity index (χ0v) is 17.8. The second kappa shape index (κ2) is 8.29. The van der Waals surface area contributed by atoms with Crippen LogP contribution in [0.25, 0.3) is 10.9 Å². The van der Waals surface area contributed by atoms with Gasteiger partial charge in [0.1, 0.15) is 5.82 Å². The molecule has 0 unspecified atom stereocenters. The molecular weight excluding hydrogens is 394 g/mol. The van der Waals surface area contributed by atoms with E-state index in [1.165, 1.54) is 0 Å². The summed E-state index contributed by atoms with van der Waals surface area (Å²) >= 11 is 0. The van der Waals surface area contributed by atoms with Crippen molar-refractivity contribution >= 4 is 28.6 Å². The van der Waals surface area contributed by atoms with E-state index in [2.05, 4.69) is 9.88 Å². The first-order valence-electron chi connectivity index (χ1n) is 10.2. The van der Waals surface area contributed by atoms with Crippen molar-refractivity contribution in [3.8, 4) is 11.5 Å². The maximum Gasteiger partial charge on any atom is 0.227 e. The molecular formula is C23H27N5O3. The molecule has 1 amide bonds. The number of ether oxygens (including phenoxy) is 2. The fraction of sp³-hybridized carbons (Fsp3) is 0.348. The van der Waals surface area contributed by atoms with Crippen LogP contribution in [0.2, 0.25) is 0 Å². The number of fused-ring (bicyclic) bond motifs is 1. The number of benzene rings is 2. The van der Waals surface area contributed by atoms with Crippen molar-refractivity contribution in [1.82, 2.24) is 9.97 Å². The molecule has 0 saturated carbocycles. The lowest BCUT2D eigenvalue weighted by molar-refractivity contribution is -0.128. The van der Waals surface area contributed by atoms with Crippen LogP contribution in [0.1, 0.15) is 18.4 Å². The van der Waals surface area contributed by atoms with E-state index in [0.717, 1.165) is 5.56 Å². The number of nitrogens with two attached hydrogens (primary N) is 2. The van der Waals surface area contributed by atoms with Gasteiger partial charge in [-0.2, -0.15) is 4.98 Å². The van der Waals surface area contributed by atoms with E-state index in [-0.39, 0.29) is 5.91 Å². The van der Waals surface area contributed by atoms with Crippen molar-refractivity contribution in [2.75, 3.05) is 37.9 Å². The molecule has 2 aromatic carbocycles. The lowest BCUT2D eigenvalue weighted by Gasteiger charge is -2.40. The van der Waals surface area contributed by atoms with E-state index in [1.54, 1.807) is 26.4 Å². The number of methoxy groups -OCH3 is 2. The molecule has 8 heteroatoms. The van der Waals surface area contributed by atoms with Crippen LogP contribution in [-0.4, -0.2) is 43.2 Å². The third-order valence-electron chi connectivity index (χ3n) is 6.13. The average molecular weight is 422 g/mol. The van der Waals surface area contributed by atoms with Gasteiger partial charge in [0.25, 0.3) is 0 Å². The summed E-state index contributed by atoms with van der Waals surface area (Å²) in [5.74, 6) is 1.80. The number of amides is 1. The molecule has 0 bridgehead atoms. The van der Waals surface area contributed by atoms with E-state index < -0.39 is 5.41 Å². The minimum Gasteiger partial charge on any atom is -0.493 e. The molecule has 4 N–H and O–H groups in total. The molecule has 1 aliphatic heterocycles. The average Bonchev–Trinajstić information content (AvgIpc) is 2.79. The van der Waals surface area contributed by atoms with Gasteiger partial charge in [-0.25, -0.2) is 4.98 Å². The van der Waals surface area contributed by atoms with Crippen molar-refractivity contribution in [2.45, 2.75) is 19.3 Å². The first-order chi connectivity index (χ1) is 15.0. The summed E-state index contributed by atoms with van der Waals surface area (Å²) in [6.07, 6.45) is 1.89. The number of aromatic nitrogens is 2. The van der Waals surface area contributed by atoms with Crippen molar-refractivity contribution < 1.29 is 14.3 Å². The molecule has 1 fully saturated rings. The van der Waals surface area contributed by atoms with Crippen molar-refractivity contribution in [1.29, 1.82) is 0 Å². The Morgan fingerprint density at radius 1 is 1.06 bits per heavy atom. The Kier molecular flexibility index (Phi) is 5.54. The highest BCUT2D eigenvalue weighted by atomic mass is 16.5. The zero-order valence-electron chi connectivity index (χ0n) is 17.8. The Morgan fingerprint density at radius 2 is 1.71 bits per heavy atom. The van der Waals surface area contributed by atoms with Crippen LogP contribution in [-0.2, 0) is 11.2 Å². The molecule has 2 heterocycles. The minimum atomic E-state index is -0.573. The molecule has 1 aromatic heterocycles. The molecule has 0 radical (unpaired) electrons. The Balaban J connectivity index is 1.59. The summed E-state index contributed by atoms with van der Waals surface area (Å²) in [4.78, 5) is 23.7. The number of carbonyl (C=O) groups excluding carboxylic acids is 1. The number of nitrogens with zero attached hydrogens (tertiary/aromatic N) is 3. The van der Waals surface area contributed by atoms with Crippen LogP contribution in [0.5, 0.6) is 11.5 Å². The van der Waals surface area contributed by atoms with Gasteiger partial charge in [0.05, 0.1) is 25.2 Å². The van der Waals surface area contributed by atoms with Gasteiger partial charge in [-0.05, 0) is 30.9 Å². The lowest BCUT2D eigenvalue weighted by atomic mass is 9.73. The molecule has 162 valence electrons. The molecule has 31 heavy (non-hydrogen) atoms. The molecule has 0 aliphatic carbocycles. The molecule has 3 aromatic rings. The van der Waals surface area contributed by atoms with Crippen molar-refractivity contribution in [2.24, 2.45) is 11.1 Å². The second-order valence-electron chi connectivity index (χ2n) is 7.93. The van der Waals surface area contributed by atoms with E-state index in [9.17, 15) is 4.79 Å². The highest BCUT2D eigenvalue weighted by Gasteiger charge is 2.40. The standard InChI is InChI=1S/C23H27N5O3/c1-30-18-12-16-17(13-19(18)31-2)26-22(27-20(16)24)28-10-8-23(9-11-28,21(25)29)14-15-6-4-3-5-7-15/h3-7,12-13H,8-11,14H2,1-2H3,(H2,25,29)(H2,24,26,27). The van der Waals surface area contributed by atoms with E-state index >= 15 is 0 Å². The first-order valence-corrected chi connectivity index (χ1v) is 10.2. The molecule has 8 nitrogen and oxygen atoms in total. The fourth-order valence-corrected chi connectivity index (χ4v) is 4.24. The zero-order chi connectivity index (χ0) is 22.0. The number of nitrogen functional groups attached to an aromatic ring is 1. The predicted octanol–water partition coefficient (Wildman–Crippen LogP) is 2.54. The molecule has 0 atom stereocenters. The van der Waals surface area contributed by atoms with Crippen molar-refractivity contribution in [3.63, 3.8) is 0 Å². The third kappa shape index (κ3) is 3.93. The summed E-state index contributed by atoms with van der Waals surface area (Å²) in [6, 6.07) is 13.6. The van der Waals surface area contributed by atoms with Gasteiger partial charge in [0.15, 0.2) is 11.5 Å². The highest BCUT2D eigenvalue weighted by Crippen LogP contribution is 2.38. The smallest absolute Gasteiger partial charge is 0.227 e. The van der Waals surface area contributed by atoms with Gasteiger partial charge in [0, 0.05) is 24.5 Å². The maximum atomic E-state index is 12.4. The van der Waals surface area contributed by atoms with Gasteiger partial charge in [-0.1, -0.05) is 30.3 Å². The van der Waals surface area contributed by atoms with Crippen molar-refractivity contribution in [3.05, 3.63) is 48.0 Å². The normalized spacial score (nSPS) is 15.6. The monoisotopic (exact) mass is 421 g/mol. The minimum absolute atomic E-state index is 0.258. The summed E-state index contributed by atoms with van der Waals surface area (Å²) in [5, 5.41) is 0.703. The molecule has 1 aliphatic rings. The van der Waals surface area contributed by atoms with Crippen LogP contribution < -0.4 is 25.8 Å². The Bertz CT molecular complexity index is 1100. The van der Waals surface area contributed by atoms with Gasteiger partial charge in [0.2, 0.25) is 11.9 Å². The first kappa shape index (κ1) is 20.7. The summed E-state index contributed by atoms with van der Waals surface area (Å²) in [6.45, 7) is 1.24. The lowest BCUT2D eigenvalue weighted by Crippen LogP contribution is -2.48. The fourth-order valence-electron chi connectivity index (χ4n) is 4.24. The summed E-state index contributed by atoms with van der Waals surface area (Å²) < 4.78 is 10.7. The molecule has 0 spiro atoms. The van der Waals surface area contributed by atoms with Gasteiger partial charge in [-0.15, -0.1) is 0 Å². The number of primary amides is 1. The van der Waals surface area contributed by atoms with E-state index in [4.69, 9.17) is 25.9 Å².